The number of ether oxygens (including phenoxy) is 3. The third kappa shape index (κ3) is 24.5. The predicted octanol–water partition coefficient (Wildman–Crippen LogP) is 12.4. The Morgan fingerprint density at radius 1 is 0.347 bits per heavy atom. The number of carbonyl (C=O) groups is 8. The van der Waals surface area contributed by atoms with Gasteiger partial charge in [-0.25, -0.2) is 67.8 Å². The molecule has 144 heavy (non-hydrogen) atoms. The van der Waals surface area contributed by atoms with Gasteiger partial charge in [0.2, 0.25) is 51.9 Å². The Hall–Kier alpha value is -13.7. The lowest BCUT2D eigenvalue weighted by Crippen LogP contribution is -2.50. The van der Waals surface area contributed by atoms with Crippen LogP contribution < -0.4 is 61.6 Å². The molecular formula is C95H108N22O19S8. The highest BCUT2D eigenvalue weighted by atomic mass is 32.2. The molecule has 4 saturated heterocycles. The van der Waals surface area contributed by atoms with Gasteiger partial charge in [-0.3, -0.25) is 50.4 Å². The summed E-state index contributed by atoms with van der Waals surface area (Å²) in [5.74, 6) is 0.770. The van der Waals surface area contributed by atoms with E-state index in [9.17, 15) is 72.0 Å². The topological polar surface area (TPSA) is 491 Å². The zero-order chi connectivity index (χ0) is 103. The van der Waals surface area contributed by atoms with Crippen molar-refractivity contribution in [2.45, 2.75) is 61.1 Å². The fourth-order valence-corrected chi connectivity index (χ4v) is 26.0. The fraction of sp³-hybridized carbons (Fsp3) is 0.316. The highest BCUT2D eigenvalue weighted by molar-refractivity contribution is 7.90. The number of rotatable bonds is 27. The van der Waals surface area contributed by atoms with E-state index >= 15 is 0 Å². The van der Waals surface area contributed by atoms with Crippen LogP contribution in [0.1, 0.15) is 83.0 Å². The molecule has 0 unspecified atom stereocenters. The Balaban J connectivity index is 0.000000152. The molecule has 0 bridgehead atoms. The van der Waals surface area contributed by atoms with Crippen molar-refractivity contribution < 1.29 is 86.2 Å². The molecule has 13 aromatic rings. The molecule has 13 heterocycles. The van der Waals surface area contributed by atoms with Crippen molar-refractivity contribution in [3.05, 3.63) is 217 Å². The smallest absolute Gasteiger partial charge is 0.319 e. The maximum atomic E-state index is 13.7. The summed E-state index contributed by atoms with van der Waals surface area (Å²) in [4.78, 5) is 133. The molecule has 9 aromatic heterocycles. The average Bonchev–Trinajstić information content (AvgIpc) is 1.61. The van der Waals surface area contributed by atoms with Gasteiger partial charge in [0.15, 0.2) is 0 Å². The van der Waals surface area contributed by atoms with Gasteiger partial charge in [0.1, 0.15) is 55.9 Å². The van der Waals surface area contributed by atoms with E-state index in [1.54, 1.807) is 94.6 Å². The second-order valence-corrected chi connectivity index (χ2v) is 44.0. The van der Waals surface area contributed by atoms with E-state index in [0.29, 0.717) is 101 Å². The van der Waals surface area contributed by atoms with Crippen molar-refractivity contribution in [2.24, 2.45) is 0 Å². The average molecular weight is 2120 g/mol. The Kier molecular flexibility index (Phi) is 35.4. The molecule has 49 heteroatoms. The Morgan fingerprint density at radius 3 is 1.13 bits per heavy atom. The summed E-state index contributed by atoms with van der Waals surface area (Å²) in [5.41, 5.74) is 2.32. The number of thiophene rings is 4. The van der Waals surface area contributed by atoms with Crippen LogP contribution in [0.4, 0.5) is 44.9 Å². The number of amides is 12. The molecule has 760 valence electrons. The van der Waals surface area contributed by atoms with Crippen LogP contribution >= 0.6 is 45.3 Å². The zero-order valence-electron chi connectivity index (χ0n) is 79.8. The highest BCUT2D eigenvalue weighted by Gasteiger charge is 2.40. The quantitative estimate of drug-likeness (QED) is 0.0237. The van der Waals surface area contributed by atoms with Crippen molar-refractivity contribution in [3.63, 3.8) is 0 Å². The molecule has 4 fully saturated rings. The van der Waals surface area contributed by atoms with Crippen molar-refractivity contribution in [1.29, 1.82) is 0 Å². The molecule has 41 nitrogen and oxygen atoms in total. The van der Waals surface area contributed by atoms with Gasteiger partial charge in [0, 0.05) is 212 Å². The van der Waals surface area contributed by atoms with E-state index < -0.39 is 52.2 Å². The first-order valence-corrected chi connectivity index (χ1v) is 55.1. The monoisotopic (exact) mass is 2120 g/mol. The summed E-state index contributed by atoms with van der Waals surface area (Å²) in [7, 11) is -12.0. The number of pyridine rings is 5. The number of sulfonamides is 4. The van der Waals surface area contributed by atoms with Gasteiger partial charge in [0.05, 0.1) is 65.5 Å². The number of aromatic nitrogens is 5. The number of nitrogens with zero attached hydrogens (tertiary/aromatic N) is 14. The lowest BCUT2D eigenvalue weighted by atomic mass is 10.1. The first-order valence-electron chi connectivity index (χ1n) is 46.0. The minimum Gasteiger partial charge on any atom is -0.495 e. The Bertz CT molecular complexity index is 7280. The summed E-state index contributed by atoms with van der Waals surface area (Å²) in [6.07, 6.45) is 10.0. The summed E-state index contributed by atoms with van der Waals surface area (Å²) in [5, 5.41) is 26.4. The van der Waals surface area contributed by atoms with E-state index in [2.05, 4.69) is 67.5 Å². The zero-order valence-corrected chi connectivity index (χ0v) is 86.3. The maximum absolute atomic E-state index is 13.7. The van der Waals surface area contributed by atoms with Gasteiger partial charge in [0.25, 0.3) is 23.6 Å². The molecule has 0 radical (unpaired) electrons. The number of hydrogen-bond donors (Lipinski definition) is 8. The highest BCUT2D eigenvalue weighted by Crippen LogP contribution is 2.44. The second-order valence-electron chi connectivity index (χ2n) is 32.2. The predicted molar refractivity (Wildman–Crippen MR) is 555 cm³/mol. The fourth-order valence-electron chi connectivity index (χ4n) is 16.1. The van der Waals surface area contributed by atoms with Crippen molar-refractivity contribution >= 4 is 199 Å². The van der Waals surface area contributed by atoms with Crippen LogP contribution in [0.2, 0.25) is 0 Å². The second kappa shape index (κ2) is 48.1. The van der Waals surface area contributed by atoms with Gasteiger partial charge in [-0.15, -0.1) is 34.0 Å². The van der Waals surface area contributed by atoms with Crippen molar-refractivity contribution in [1.82, 2.24) is 83.0 Å². The van der Waals surface area contributed by atoms with Crippen LogP contribution in [0, 0.1) is 0 Å². The van der Waals surface area contributed by atoms with E-state index in [1.165, 1.54) is 131 Å². The molecular weight excluding hydrogens is 2010 g/mol. The van der Waals surface area contributed by atoms with Crippen LogP contribution in [-0.2, 0) is 40.1 Å². The normalized spacial score (nSPS) is 14.5. The molecule has 0 spiro atoms. The Labute approximate surface area is 848 Å². The van der Waals surface area contributed by atoms with Crippen LogP contribution in [0.5, 0.6) is 23.3 Å². The number of hydrogen-bond acceptors (Lipinski definition) is 29. The number of para-hydroxylation sites is 1. The first kappa shape index (κ1) is 106. The summed E-state index contributed by atoms with van der Waals surface area (Å²) >= 11 is 5.16. The standard InChI is InChI=1S/C27H27N5O5S2.C24H31N7O4S2.C23H27N5O6S2.C21H23N5O4S2/c1-2-28-27(34)30-25-24(21-10-6-7-11-22(21)38-25)26(33)31-14-16-32(17-15-31)39(35,36)20-12-13-23(29-18-20)37-19-8-4-3-5-9-19;1-4-26-24(33)28-22-20(19-8-7-9-27-21(19)36-22)23(32)30-10-12-31(13-11-30)37(34,35)18-14-17(15-25-16-18)29(5-2)6-3;1-4-24-23(30)26-21-19(16-6-5-7-17(33-2)20(16)35-21)22(29)27-10-12-28(13-11-27)36(31,32)15-8-9-18(34-3)25-14-15;1-2-23-21(28)24-19-18(16-7-3-4-8-17(16)31-19)20(27)25-10-12-26(13-11-25)32(29,30)15-6-5-9-22-14-15/h3-13,18H,2,14-17H2,1H3,(H2,28,30,34);7-9,14-16H,4-6,10-13H2,1-3H3,(H2,26,28,33);5-9,14H,4,10-13H2,1-3H3,(H2,24,26,30);3-9,14H,2,10-13H2,1H3,(H2,23,24,28). The van der Waals surface area contributed by atoms with Gasteiger partial charge in [-0.05, 0) is 114 Å². The number of nitrogens with one attached hydrogen (secondary N) is 8. The van der Waals surface area contributed by atoms with Crippen LogP contribution in [0.3, 0.4) is 0 Å². The molecule has 4 aromatic carbocycles. The molecule has 4 aliphatic rings. The summed E-state index contributed by atoms with van der Waals surface area (Å²) in [6, 6.07) is 42.1. The summed E-state index contributed by atoms with van der Waals surface area (Å²) < 4.78 is 129. The van der Waals surface area contributed by atoms with Crippen LogP contribution in [-0.4, -0.2) is 301 Å². The van der Waals surface area contributed by atoms with Gasteiger partial charge in [-0.2, -0.15) is 17.2 Å². The largest absolute Gasteiger partial charge is 0.495 e. The number of benzene rings is 4. The lowest BCUT2D eigenvalue weighted by Gasteiger charge is -2.34. The first-order chi connectivity index (χ1) is 69.4. The minimum absolute atomic E-state index is 0.0555. The molecule has 0 atom stereocenters. The number of fused-ring (bicyclic) bond motifs is 4. The number of carbonyl (C=O) groups excluding carboxylic acids is 8. The van der Waals surface area contributed by atoms with Gasteiger partial charge >= 0.3 is 24.1 Å². The molecule has 0 saturated carbocycles. The van der Waals surface area contributed by atoms with Crippen LogP contribution in [0.25, 0.3) is 40.5 Å². The summed E-state index contributed by atoms with van der Waals surface area (Å²) in [6.45, 7) is 17.5. The molecule has 0 aliphatic carbocycles. The van der Waals surface area contributed by atoms with Gasteiger partial charge < -0.3 is 60.0 Å². The minimum atomic E-state index is -3.81. The number of methoxy groups -OCH3 is 2. The number of urea groups is 4. The Morgan fingerprint density at radius 2 is 0.722 bits per heavy atom. The lowest BCUT2D eigenvalue weighted by molar-refractivity contribution is 0.0695. The molecule has 12 amide bonds. The van der Waals surface area contributed by atoms with E-state index in [4.69, 9.17) is 14.2 Å². The van der Waals surface area contributed by atoms with E-state index in [-0.39, 0.29) is 166 Å². The number of piperazine rings is 4. The third-order valence-corrected chi connectivity index (χ3v) is 35.2. The molecule has 4 aliphatic heterocycles. The van der Waals surface area contributed by atoms with Gasteiger partial charge in [-0.1, -0.05) is 78.1 Å². The van der Waals surface area contributed by atoms with Crippen molar-refractivity contribution in [2.75, 3.05) is 184 Å². The van der Waals surface area contributed by atoms with E-state index in [1.807, 2.05) is 112 Å². The number of anilines is 5. The van der Waals surface area contributed by atoms with Crippen LogP contribution in [0.15, 0.2) is 215 Å². The third-order valence-electron chi connectivity index (χ3n) is 23.4. The van der Waals surface area contributed by atoms with E-state index in [0.717, 1.165) is 43.6 Å². The van der Waals surface area contributed by atoms with Crippen molar-refractivity contribution in [3.8, 4) is 23.3 Å². The SMILES string of the molecule is CCNC(=O)Nc1sc2c(OC)cccc2c1C(=O)N1CCN(S(=O)(=O)c2ccc(OC)nc2)CC1.CCNC(=O)Nc1sc2ccccc2c1C(=O)N1CCN(S(=O)(=O)c2ccc(Oc3ccccc3)nc2)CC1.CCNC(=O)Nc1sc2ccccc2c1C(=O)N1CCN(S(=O)(=O)c2cccnc2)CC1.CCNC(=O)Nc1sc2ncccc2c1C(=O)N1CCN(S(=O)(=O)c2cncc(N(CC)CC)c2)CC1. The molecule has 17 rings (SSSR count). The maximum Gasteiger partial charge on any atom is 0.319 e. The molecule has 8 N–H and O–H groups in total.